The first-order valence-corrected chi connectivity index (χ1v) is 8.14. The van der Waals surface area contributed by atoms with Crippen molar-refractivity contribution >= 4 is 17.7 Å². The average Bonchev–Trinajstić information content (AvgIpc) is 2.44. The van der Waals surface area contributed by atoms with Crippen LogP contribution in [0.15, 0.2) is 24.3 Å². The second-order valence-electron chi connectivity index (χ2n) is 5.20. The first kappa shape index (κ1) is 14.9. The minimum atomic E-state index is -0.576. The number of carbonyl (C=O) groups excluding carboxylic acids is 1. The molecule has 1 aliphatic carbocycles. The van der Waals surface area contributed by atoms with E-state index in [0.717, 1.165) is 30.8 Å². The summed E-state index contributed by atoms with van der Waals surface area (Å²) in [5, 5.41) is 9.30. The molecule has 0 heterocycles. The topological polar surface area (TPSA) is 44.1 Å². The van der Waals surface area contributed by atoms with Crippen molar-refractivity contribution < 1.29 is 4.79 Å². The zero-order chi connectivity index (χ0) is 14.6. The largest absolute Gasteiger partial charge is 0.323 e. The second-order valence-corrected chi connectivity index (χ2v) is 6.47. The summed E-state index contributed by atoms with van der Waals surface area (Å²) in [4.78, 5) is 14.1. The Labute approximate surface area is 125 Å². The quantitative estimate of drug-likeness (QED) is 0.833. The number of hydrogen-bond acceptors (Lipinski definition) is 3. The second kappa shape index (κ2) is 6.32. The SMILES string of the molecule is CCSCc1ccc(C(=O)N(C)C2(C#N)CCC2)cc1. The molecule has 1 aromatic rings. The minimum absolute atomic E-state index is 0.0547. The highest BCUT2D eigenvalue weighted by molar-refractivity contribution is 7.98. The Hall–Kier alpha value is -1.47. The molecule has 1 fully saturated rings. The number of nitrogens with zero attached hydrogens (tertiary/aromatic N) is 2. The predicted molar refractivity (Wildman–Crippen MR) is 82.6 cm³/mol. The molecule has 0 N–H and O–H groups in total. The van der Waals surface area contributed by atoms with E-state index in [9.17, 15) is 10.1 Å². The van der Waals surface area contributed by atoms with Crippen LogP contribution in [-0.2, 0) is 5.75 Å². The smallest absolute Gasteiger partial charge is 0.254 e. The fourth-order valence-corrected chi connectivity index (χ4v) is 3.02. The van der Waals surface area contributed by atoms with Crippen molar-refractivity contribution in [1.29, 1.82) is 5.26 Å². The van der Waals surface area contributed by atoms with Crippen LogP contribution in [0.2, 0.25) is 0 Å². The number of benzene rings is 1. The van der Waals surface area contributed by atoms with E-state index >= 15 is 0 Å². The highest BCUT2D eigenvalue weighted by Gasteiger charge is 2.43. The van der Waals surface area contributed by atoms with Gasteiger partial charge in [0, 0.05) is 18.4 Å². The van der Waals surface area contributed by atoms with E-state index in [-0.39, 0.29) is 5.91 Å². The number of rotatable bonds is 5. The Morgan fingerprint density at radius 1 is 1.40 bits per heavy atom. The highest BCUT2D eigenvalue weighted by atomic mass is 32.2. The lowest BCUT2D eigenvalue weighted by molar-refractivity contribution is 0.0497. The zero-order valence-electron chi connectivity index (χ0n) is 12.1. The monoisotopic (exact) mass is 288 g/mol. The molecule has 0 aromatic heterocycles. The van der Waals surface area contributed by atoms with Crippen LogP contribution >= 0.6 is 11.8 Å². The van der Waals surface area contributed by atoms with Crippen molar-refractivity contribution in [3.63, 3.8) is 0 Å². The molecule has 0 aliphatic heterocycles. The third-order valence-corrected chi connectivity index (χ3v) is 4.95. The van der Waals surface area contributed by atoms with Crippen LogP contribution in [0.25, 0.3) is 0 Å². The summed E-state index contributed by atoms with van der Waals surface area (Å²) < 4.78 is 0. The van der Waals surface area contributed by atoms with E-state index < -0.39 is 5.54 Å². The van der Waals surface area contributed by atoms with E-state index in [4.69, 9.17) is 0 Å². The molecule has 0 spiro atoms. The maximum atomic E-state index is 12.4. The molecule has 0 bridgehead atoms. The van der Waals surface area contributed by atoms with Crippen LogP contribution in [0.5, 0.6) is 0 Å². The van der Waals surface area contributed by atoms with Crippen molar-refractivity contribution in [3.05, 3.63) is 35.4 Å². The van der Waals surface area contributed by atoms with Gasteiger partial charge in [-0.1, -0.05) is 19.1 Å². The third-order valence-electron chi connectivity index (χ3n) is 4.01. The van der Waals surface area contributed by atoms with Crippen LogP contribution < -0.4 is 0 Å². The predicted octanol–water partition coefficient (Wildman–Crippen LogP) is 3.46. The van der Waals surface area contributed by atoms with E-state index in [1.807, 2.05) is 36.0 Å². The average molecular weight is 288 g/mol. The van der Waals surface area contributed by atoms with Gasteiger partial charge in [0.25, 0.3) is 5.91 Å². The Bertz CT molecular complexity index is 514. The standard InChI is InChI=1S/C16H20N2OS/c1-3-20-11-13-5-7-14(8-6-13)15(19)18(2)16(12-17)9-4-10-16/h5-8H,3-4,9-11H2,1-2H3. The maximum absolute atomic E-state index is 12.4. The molecule has 1 aliphatic rings. The summed E-state index contributed by atoms with van der Waals surface area (Å²) in [5.74, 6) is 2.01. The van der Waals surface area contributed by atoms with E-state index in [0.29, 0.717) is 5.56 Å². The van der Waals surface area contributed by atoms with Crippen molar-refractivity contribution in [2.45, 2.75) is 37.5 Å². The van der Waals surface area contributed by atoms with Crippen molar-refractivity contribution in [2.75, 3.05) is 12.8 Å². The number of hydrogen-bond donors (Lipinski definition) is 0. The van der Waals surface area contributed by atoms with E-state index in [1.165, 1.54) is 5.56 Å². The lowest BCUT2D eigenvalue weighted by atomic mass is 9.76. The first-order chi connectivity index (χ1) is 9.63. The van der Waals surface area contributed by atoms with Gasteiger partial charge in [-0.15, -0.1) is 0 Å². The molecule has 1 saturated carbocycles. The van der Waals surface area contributed by atoms with Gasteiger partial charge < -0.3 is 4.90 Å². The molecule has 0 saturated heterocycles. The van der Waals surface area contributed by atoms with Crippen LogP contribution in [0.4, 0.5) is 0 Å². The van der Waals surface area contributed by atoms with Gasteiger partial charge >= 0.3 is 0 Å². The van der Waals surface area contributed by atoms with Crippen LogP contribution in [0.1, 0.15) is 42.1 Å². The van der Waals surface area contributed by atoms with Crippen molar-refractivity contribution in [3.8, 4) is 6.07 Å². The molecule has 4 heteroatoms. The molecule has 0 unspecified atom stereocenters. The summed E-state index contributed by atoms with van der Waals surface area (Å²) in [7, 11) is 1.74. The molecule has 2 rings (SSSR count). The van der Waals surface area contributed by atoms with Crippen molar-refractivity contribution in [2.24, 2.45) is 0 Å². The molecule has 1 aromatic carbocycles. The molecule has 0 radical (unpaired) electrons. The van der Waals surface area contributed by atoms with Gasteiger partial charge in [0.1, 0.15) is 5.54 Å². The molecule has 106 valence electrons. The number of amides is 1. The minimum Gasteiger partial charge on any atom is -0.323 e. The fourth-order valence-electron chi connectivity index (χ4n) is 2.39. The normalized spacial score (nSPS) is 16.1. The molecular weight excluding hydrogens is 268 g/mol. The maximum Gasteiger partial charge on any atom is 0.254 e. The lowest BCUT2D eigenvalue weighted by Crippen LogP contribution is -2.53. The Kier molecular flexibility index (Phi) is 4.72. The van der Waals surface area contributed by atoms with Crippen LogP contribution in [-0.4, -0.2) is 29.1 Å². The van der Waals surface area contributed by atoms with E-state index in [1.54, 1.807) is 11.9 Å². The first-order valence-electron chi connectivity index (χ1n) is 6.99. The van der Waals surface area contributed by atoms with E-state index in [2.05, 4.69) is 13.0 Å². The third kappa shape index (κ3) is 2.83. The highest BCUT2D eigenvalue weighted by Crippen LogP contribution is 2.36. The van der Waals surface area contributed by atoms with Gasteiger partial charge in [0.2, 0.25) is 0 Å². The Morgan fingerprint density at radius 2 is 2.05 bits per heavy atom. The Balaban J connectivity index is 2.07. The molecule has 0 atom stereocenters. The van der Waals surface area contributed by atoms with Gasteiger partial charge in [-0.05, 0) is 42.7 Å². The summed E-state index contributed by atoms with van der Waals surface area (Å²) in [6.45, 7) is 2.14. The van der Waals surface area contributed by atoms with Gasteiger partial charge in [0.05, 0.1) is 6.07 Å². The summed E-state index contributed by atoms with van der Waals surface area (Å²) >= 11 is 1.86. The summed E-state index contributed by atoms with van der Waals surface area (Å²) in [6, 6.07) is 10.1. The lowest BCUT2D eigenvalue weighted by Gasteiger charge is -2.42. The fraction of sp³-hybridized carbons (Fsp3) is 0.500. The molecule has 1 amide bonds. The number of nitriles is 1. The van der Waals surface area contributed by atoms with Crippen molar-refractivity contribution in [1.82, 2.24) is 4.90 Å². The van der Waals surface area contributed by atoms with Gasteiger partial charge in [-0.2, -0.15) is 17.0 Å². The van der Waals surface area contributed by atoms with Crippen LogP contribution in [0, 0.1) is 11.3 Å². The summed E-state index contributed by atoms with van der Waals surface area (Å²) in [6.07, 6.45) is 2.60. The van der Waals surface area contributed by atoms with Gasteiger partial charge in [0.15, 0.2) is 0 Å². The van der Waals surface area contributed by atoms with Gasteiger partial charge in [-0.3, -0.25) is 4.79 Å². The zero-order valence-corrected chi connectivity index (χ0v) is 12.9. The van der Waals surface area contributed by atoms with Crippen LogP contribution in [0.3, 0.4) is 0 Å². The summed E-state index contributed by atoms with van der Waals surface area (Å²) in [5.41, 5.74) is 1.32. The molecule has 20 heavy (non-hydrogen) atoms. The number of thioether (sulfide) groups is 1. The Morgan fingerprint density at radius 3 is 2.50 bits per heavy atom. The molecular formula is C16H20N2OS. The molecule has 3 nitrogen and oxygen atoms in total. The number of carbonyl (C=O) groups is 1. The van der Waals surface area contributed by atoms with Gasteiger partial charge in [-0.25, -0.2) is 0 Å².